The van der Waals surface area contributed by atoms with E-state index in [0.29, 0.717) is 13.2 Å². The van der Waals surface area contributed by atoms with Crippen molar-refractivity contribution < 1.29 is 28.6 Å². The highest BCUT2D eigenvalue weighted by molar-refractivity contribution is 5.96. The molecule has 8 heteroatoms. The molecular weight excluding hydrogens is 436 g/mol. The molecule has 1 saturated heterocycles. The fraction of sp³-hybridized carbons (Fsp3) is 0.423. The summed E-state index contributed by atoms with van der Waals surface area (Å²) in [5, 5.41) is 5.40. The van der Waals surface area contributed by atoms with Crippen molar-refractivity contribution in [3.63, 3.8) is 0 Å². The van der Waals surface area contributed by atoms with Crippen molar-refractivity contribution in [2.45, 2.75) is 64.5 Å². The van der Waals surface area contributed by atoms with Gasteiger partial charge >= 0.3 is 12.2 Å². The van der Waals surface area contributed by atoms with Crippen molar-refractivity contribution in [1.82, 2.24) is 10.6 Å². The van der Waals surface area contributed by atoms with Gasteiger partial charge in [0.15, 0.2) is 5.78 Å². The molecule has 0 aromatic heterocycles. The third kappa shape index (κ3) is 7.88. The molecule has 2 aromatic carbocycles. The Hall–Kier alpha value is -3.39. The van der Waals surface area contributed by atoms with E-state index in [-0.39, 0.29) is 18.8 Å². The number of nitrogens with one attached hydrogen (secondary N) is 2. The molecule has 1 fully saturated rings. The van der Waals surface area contributed by atoms with Crippen LogP contribution in [0.4, 0.5) is 9.59 Å². The van der Waals surface area contributed by atoms with Crippen LogP contribution in [0.25, 0.3) is 0 Å². The summed E-state index contributed by atoms with van der Waals surface area (Å²) in [5.74, 6) is -0.195. The van der Waals surface area contributed by atoms with Crippen molar-refractivity contribution in [1.29, 1.82) is 0 Å². The number of benzene rings is 2. The minimum Gasteiger partial charge on any atom is -0.445 e. The van der Waals surface area contributed by atoms with Gasteiger partial charge in [0.25, 0.3) is 0 Å². The Kier molecular flexibility index (Phi) is 7.94. The molecule has 8 nitrogen and oxygen atoms in total. The van der Waals surface area contributed by atoms with Crippen LogP contribution in [0.2, 0.25) is 0 Å². The zero-order valence-electron chi connectivity index (χ0n) is 20.1. The van der Waals surface area contributed by atoms with Crippen molar-refractivity contribution in [3.8, 4) is 0 Å². The van der Waals surface area contributed by atoms with Gasteiger partial charge in [-0.3, -0.25) is 4.79 Å². The predicted octanol–water partition coefficient (Wildman–Crippen LogP) is 3.91. The van der Waals surface area contributed by atoms with Gasteiger partial charge in [-0.05, 0) is 50.8 Å². The highest BCUT2D eigenvalue weighted by Gasteiger charge is 2.50. The normalized spacial score (nSPS) is 17.9. The Bertz CT molecular complexity index is 994. The Morgan fingerprint density at radius 1 is 0.971 bits per heavy atom. The average molecular weight is 469 g/mol. The minimum absolute atomic E-state index is 0.112. The largest absolute Gasteiger partial charge is 0.445 e. The zero-order chi connectivity index (χ0) is 24.8. The number of epoxide rings is 1. The Balaban J connectivity index is 1.57. The first-order valence-corrected chi connectivity index (χ1v) is 11.2. The van der Waals surface area contributed by atoms with Crippen LogP contribution in [-0.4, -0.2) is 41.8 Å². The third-order valence-corrected chi connectivity index (χ3v) is 5.22. The van der Waals surface area contributed by atoms with E-state index in [1.165, 1.54) is 0 Å². The Labute approximate surface area is 200 Å². The molecule has 0 saturated carbocycles. The second kappa shape index (κ2) is 10.7. The summed E-state index contributed by atoms with van der Waals surface area (Å²) >= 11 is 0. The molecule has 34 heavy (non-hydrogen) atoms. The summed E-state index contributed by atoms with van der Waals surface area (Å²) in [5.41, 5.74) is 1.15. The number of hydrogen-bond donors (Lipinski definition) is 2. The molecule has 0 radical (unpaired) electrons. The molecule has 1 aliphatic heterocycles. The molecule has 0 spiro atoms. The number of alkyl carbamates (subject to hydrolysis) is 2. The highest BCUT2D eigenvalue weighted by atomic mass is 16.6. The van der Waals surface area contributed by atoms with Gasteiger partial charge in [0.1, 0.15) is 17.8 Å². The lowest BCUT2D eigenvalue weighted by Gasteiger charge is -2.20. The SMILES string of the molecule is CC(C)(C)OC(=O)NCc1ccc(CC(NC(=O)OCc2ccccc2)C(=O)C2(C)CO2)cc1. The first-order chi connectivity index (χ1) is 16.0. The van der Waals surface area contributed by atoms with Crippen molar-refractivity contribution in [3.05, 3.63) is 71.3 Å². The van der Waals surface area contributed by atoms with Gasteiger partial charge in [-0.2, -0.15) is 0 Å². The average Bonchev–Trinajstić information content (AvgIpc) is 3.54. The maximum absolute atomic E-state index is 12.9. The van der Waals surface area contributed by atoms with Crippen LogP contribution in [0.3, 0.4) is 0 Å². The fourth-order valence-electron chi connectivity index (χ4n) is 3.25. The van der Waals surface area contributed by atoms with Crippen LogP contribution < -0.4 is 10.6 Å². The summed E-state index contributed by atoms with van der Waals surface area (Å²) in [4.78, 5) is 37.2. The number of Topliss-reactive ketones (excluding diaryl/α,β-unsaturated/α-hetero) is 1. The standard InChI is InChI=1S/C26H32N2O6/c1-25(2,3)34-23(30)27-15-19-12-10-18(11-13-19)14-21(22(29)26(4)17-33-26)28-24(31)32-16-20-8-6-5-7-9-20/h5-13,21H,14-17H2,1-4H3,(H,27,30)(H,28,31). The van der Waals surface area contributed by atoms with Crippen molar-refractivity contribution in [2.75, 3.05) is 6.61 Å². The maximum Gasteiger partial charge on any atom is 0.408 e. The second-order valence-corrected chi connectivity index (χ2v) is 9.52. The van der Waals surface area contributed by atoms with E-state index in [2.05, 4.69) is 10.6 Å². The molecule has 2 N–H and O–H groups in total. The van der Waals surface area contributed by atoms with Crippen LogP contribution in [0.15, 0.2) is 54.6 Å². The van der Waals surface area contributed by atoms with E-state index in [9.17, 15) is 14.4 Å². The van der Waals surface area contributed by atoms with Gasteiger partial charge in [-0.1, -0.05) is 54.6 Å². The second-order valence-electron chi connectivity index (χ2n) is 9.52. The molecular formula is C26H32N2O6. The highest BCUT2D eigenvalue weighted by Crippen LogP contribution is 2.29. The number of ether oxygens (including phenoxy) is 3. The molecule has 1 aliphatic rings. The lowest BCUT2D eigenvalue weighted by Crippen LogP contribution is -2.47. The molecule has 0 aliphatic carbocycles. The Morgan fingerprint density at radius 3 is 2.18 bits per heavy atom. The van der Waals surface area contributed by atoms with Crippen LogP contribution in [-0.2, 0) is 38.6 Å². The summed E-state index contributed by atoms with van der Waals surface area (Å²) in [6, 6.07) is 16.0. The van der Waals surface area contributed by atoms with E-state index in [4.69, 9.17) is 14.2 Å². The van der Waals surface area contributed by atoms with Crippen molar-refractivity contribution >= 4 is 18.0 Å². The molecule has 3 rings (SSSR count). The van der Waals surface area contributed by atoms with Gasteiger partial charge in [-0.25, -0.2) is 9.59 Å². The summed E-state index contributed by atoms with van der Waals surface area (Å²) in [6.45, 7) is 7.88. The maximum atomic E-state index is 12.9. The summed E-state index contributed by atoms with van der Waals surface area (Å²) in [6.07, 6.45) is -0.861. The van der Waals surface area contributed by atoms with Crippen LogP contribution >= 0.6 is 0 Å². The first-order valence-electron chi connectivity index (χ1n) is 11.2. The minimum atomic E-state index is -0.880. The molecule has 2 amide bonds. The van der Waals surface area contributed by atoms with E-state index >= 15 is 0 Å². The smallest absolute Gasteiger partial charge is 0.408 e. The van der Waals surface area contributed by atoms with Crippen LogP contribution in [0.1, 0.15) is 44.4 Å². The van der Waals surface area contributed by atoms with Crippen molar-refractivity contribution in [2.24, 2.45) is 0 Å². The number of carbonyl (C=O) groups is 3. The topological polar surface area (TPSA) is 106 Å². The molecule has 1 heterocycles. The van der Waals surface area contributed by atoms with E-state index in [0.717, 1.165) is 16.7 Å². The predicted molar refractivity (Wildman–Crippen MR) is 126 cm³/mol. The molecule has 0 bridgehead atoms. The zero-order valence-corrected chi connectivity index (χ0v) is 20.1. The molecule has 2 unspecified atom stereocenters. The van der Waals surface area contributed by atoms with Gasteiger partial charge in [0, 0.05) is 6.54 Å². The number of amides is 2. The number of hydrogen-bond acceptors (Lipinski definition) is 6. The first kappa shape index (κ1) is 25.2. The van der Waals surface area contributed by atoms with Crippen LogP contribution in [0, 0.1) is 0 Å². The Morgan fingerprint density at radius 2 is 1.59 bits per heavy atom. The number of carbonyl (C=O) groups excluding carboxylic acids is 3. The third-order valence-electron chi connectivity index (χ3n) is 5.22. The van der Waals surface area contributed by atoms with E-state index in [1.807, 2.05) is 54.6 Å². The van der Waals surface area contributed by atoms with E-state index in [1.54, 1.807) is 27.7 Å². The van der Waals surface area contributed by atoms with Gasteiger partial charge < -0.3 is 24.8 Å². The lowest BCUT2D eigenvalue weighted by molar-refractivity contribution is -0.125. The lowest BCUT2D eigenvalue weighted by atomic mass is 9.94. The monoisotopic (exact) mass is 468 g/mol. The van der Waals surface area contributed by atoms with Gasteiger partial charge in [-0.15, -0.1) is 0 Å². The summed E-state index contributed by atoms with van der Waals surface area (Å²) in [7, 11) is 0. The van der Waals surface area contributed by atoms with Crippen LogP contribution in [0.5, 0.6) is 0 Å². The number of ketones is 1. The molecule has 182 valence electrons. The molecule has 2 aromatic rings. The van der Waals surface area contributed by atoms with E-state index < -0.39 is 29.4 Å². The molecule has 2 atom stereocenters. The number of rotatable bonds is 9. The summed E-state index contributed by atoms with van der Waals surface area (Å²) < 4.78 is 15.8. The fourth-order valence-corrected chi connectivity index (χ4v) is 3.25. The quantitative estimate of drug-likeness (QED) is 0.541. The van der Waals surface area contributed by atoms with Gasteiger partial charge in [0.05, 0.1) is 12.6 Å². The van der Waals surface area contributed by atoms with Gasteiger partial charge in [0.2, 0.25) is 0 Å².